The van der Waals surface area contributed by atoms with Gasteiger partial charge in [0.1, 0.15) is 0 Å². The summed E-state index contributed by atoms with van der Waals surface area (Å²) in [5, 5.41) is 0. The molecule has 6 nitrogen and oxygen atoms in total. The summed E-state index contributed by atoms with van der Waals surface area (Å²) in [6.07, 6.45) is 0. The summed E-state index contributed by atoms with van der Waals surface area (Å²) in [6, 6.07) is 5.63. The summed E-state index contributed by atoms with van der Waals surface area (Å²) < 4.78 is 32.9. The minimum absolute atomic E-state index is 0.453. The topological polar surface area (TPSA) is 53.1 Å². The summed E-state index contributed by atoms with van der Waals surface area (Å²) in [4.78, 5) is 5.24. The van der Waals surface area contributed by atoms with E-state index >= 15 is 0 Å². The Morgan fingerprint density at radius 2 is 1.52 bits per heavy atom. The number of sulfonamides is 1. The van der Waals surface area contributed by atoms with Crippen LogP contribution in [0.1, 0.15) is 11.1 Å². The monoisotopic (exact) mass is 367 g/mol. The van der Waals surface area contributed by atoms with E-state index in [9.17, 15) is 8.42 Å². The quantitative estimate of drug-likeness (QED) is 0.775. The standard InChI is InChI=1S/C18H29N3O3S/c1-16-3-4-17(2)18(15-16)25(22,23)21-9-7-19(8-10-21)5-6-20-11-13-24-14-12-20/h3-4,15H,5-14H2,1-2H3. The molecule has 7 heteroatoms. The van der Waals surface area contributed by atoms with Crippen molar-refractivity contribution in [2.75, 3.05) is 65.6 Å². The molecule has 1 aromatic rings. The molecule has 0 bridgehead atoms. The first-order valence-electron chi connectivity index (χ1n) is 9.07. The molecule has 0 aliphatic carbocycles. The van der Waals surface area contributed by atoms with Gasteiger partial charge in [0.05, 0.1) is 18.1 Å². The van der Waals surface area contributed by atoms with Gasteiger partial charge in [-0.3, -0.25) is 9.80 Å². The summed E-state index contributed by atoms with van der Waals surface area (Å²) in [6.45, 7) is 12.2. The first-order chi connectivity index (χ1) is 12.0. The first-order valence-corrected chi connectivity index (χ1v) is 10.5. The van der Waals surface area contributed by atoms with Gasteiger partial charge in [-0.2, -0.15) is 4.31 Å². The third-order valence-corrected chi connectivity index (χ3v) is 7.17. The van der Waals surface area contributed by atoms with Crippen molar-refractivity contribution in [3.05, 3.63) is 29.3 Å². The van der Waals surface area contributed by atoms with Gasteiger partial charge in [0, 0.05) is 52.4 Å². The van der Waals surface area contributed by atoms with Crippen LogP contribution in [-0.4, -0.2) is 88.1 Å². The van der Waals surface area contributed by atoms with E-state index in [1.54, 1.807) is 10.4 Å². The largest absolute Gasteiger partial charge is 0.379 e. The Morgan fingerprint density at radius 3 is 2.16 bits per heavy atom. The molecule has 2 aliphatic heterocycles. The highest BCUT2D eigenvalue weighted by Crippen LogP contribution is 2.22. The number of aryl methyl sites for hydroxylation is 2. The molecule has 0 unspecified atom stereocenters. The Labute approximate surface area is 151 Å². The molecular weight excluding hydrogens is 338 g/mol. The highest BCUT2D eigenvalue weighted by atomic mass is 32.2. The van der Waals surface area contributed by atoms with Crippen LogP contribution in [0, 0.1) is 13.8 Å². The van der Waals surface area contributed by atoms with E-state index in [4.69, 9.17) is 4.74 Å². The molecule has 0 N–H and O–H groups in total. The van der Waals surface area contributed by atoms with Gasteiger partial charge in [-0.1, -0.05) is 12.1 Å². The van der Waals surface area contributed by atoms with Gasteiger partial charge in [0.15, 0.2) is 0 Å². The average Bonchev–Trinajstić information content (AvgIpc) is 2.63. The Hall–Kier alpha value is -0.990. The third-order valence-electron chi connectivity index (χ3n) is 5.13. The molecule has 0 aromatic heterocycles. The molecule has 2 heterocycles. The van der Waals surface area contributed by atoms with Gasteiger partial charge < -0.3 is 4.74 Å². The van der Waals surface area contributed by atoms with E-state index in [-0.39, 0.29) is 0 Å². The lowest BCUT2D eigenvalue weighted by molar-refractivity contribution is 0.0317. The molecule has 140 valence electrons. The van der Waals surface area contributed by atoms with Gasteiger partial charge in [-0.15, -0.1) is 0 Å². The maximum Gasteiger partial charge on any atom is 0.243 e. The molecule has 2 aliphatic rings. The molecule has 25 heavy (non-hydrogen) atoms. The lowest BCUT2D eigenvalue weighted by atomic mass is 10.2. The van der Waals surface area contributed by atoms with Crippen molar-refractivity contribution in [1.82, 2.24) is 14.1 Å². The lowest BCUT2D eigenvalue weighted by Gasteiger charge is -2.36. The number of morpholine rings is 1. The van der Waals surface area contributed by atoms with Gasteiger partial charge in [-0.25, -0.2) is 8.42 Å². The van der Waals surface area contributed by atoms with Crippen LogP contribution in [0.4, 0.5) is 0 Å². The lowest BCUT2D eigenvalue weighted by Crippen LogP contribution is -2.50. The fourth-order valence-corrected chi connectivity index (χ4v) is 5.16. The molecular formula is C18H29N3O3S. The zero-order chi connectivity index (χ0) is 17.9. The molecule has 3 rings (SSSR count). The smallest absolute Gasteiger partial charge is 0.243 e. The van der Waals surface area contributed by atoms with Crippen LogP contribution < -0.4 is 0 Å². The maximum atomic E-state index is 13.0. The van der Waals surface area contributed by atoms with Gasteiger partial charge in [0.2, 0.25) is 10.0 Å². The fraction of sp³-hybridized carbons (Fsp3) is 0.667. The zero-order valence-corrected chi connectivity index (χ0v) is 16.1. The highest BCUT2D eigenvalue weighted by Gasteiger charge is 2.29. The third kappa shape index (κ3) is 4.60. The van der Waals surface area contributed by atoms with E-state index < -0.39 is 10.0 Å². The van der Waals surface area contributed by atoms with Crippen molar-refractivity contribution in [3.63, 3.8) is 0 Å². The predicted octanol–water partition coefficient (Wildman–Crippen LogP) is 0.942. The molecule has 0 atom stereocenters. The molecule has 2 saturated heterocycles. The summed E-state index contributed by atoms with van der Waals surface area (Å²) in [5.74, 6) is 0. The first kappa shape index (κ1) is 18.8. The van der Waals surface area contributed by atoms with Crippen molar-refractivity contribution >= 4 is 10.0 Å². The second-order valence-corrected chi connectivity index (χ2v) is 8.88. The van der Waals surface area contributed by atoms with Gasteiger partial charge in [-0.05, 0) is 31.0 Å². The van der Waals surface area contributed by atoms with Crippen LogP contribution >= 0.6 is 0 Å². The zero-order valence-electron chi connectivity index (χ0n) is 15.3. The van der Waals surface area contributed by atoms with E-state index in [0.29, 0.717) is 18.0 Å². The average molecular weight is 368 g/mol. The molecule has 0 amide bonds. The van der Waals surface area contributed by atoms with E-state index in [0.717, 1.165) is 63.6 Å². The fourth-order valence-electron chi connectivity index (χ4n) is 3.43. The normalized spacial score (nSPS) is 21.5. The van der Waals surface area contributed by atoms with Gasteiger partial charge in [0.25, 0.3) is 0 Å². The summed E-state index contributed by atoms with van der Waals surface area (Å²) >= 11 is 0. The number of hydrogen-bond acceptors (Lipinski definition) is 5. The van der Waals surface area contributed by atoms with E-state index in [1.165, 1.54) is 0 Å². The van der Waals surface area contributed by atoms with Crippen molar-refractivity contribution in [2.45, 2.75) is 18.7 Å². The van der Waals surface area contributed by atoms with Crippen LogP contribution in [0.15, 0.2) is 23.1 Å². The van der Waals surface area contributed by atoms with Crippen LogP contribution in [0.25, 0.3) is 0 Å². The molecule has 0 radical (unpaired) electrons. The molecule has 2 fully saturated rings. The number of rotatable bonds is 5. The van der Waals surface area contributed by atoms with Crippen molar-refractivity contribution in [2.24, 2.45) is 0 Å². The summed E-state index contributed by atoms with van der Waals surface area (Å²) in [7, 11) is -3.39. The maximum absolute atomic E-state index is 13.0. The Kier molecular flexibility index (Phi) is 6.12. The number of benzene rings is 1. The number of piperazine rings is 1. The second-order valence-electron chi connectivity index (χ2n) is 6.97. The number of hydrogen-bond donors (Lipinski definition) is 0. The Morgan fingerprint density at radius 1 is 0.920 bits per heavy atom. The van der Waals surface area contributed by atoms with Crippen LogP contribution in [0.5, 0.6) is 0 Å². The predicted molar refractivity (Wildman–Crippen MR) is 98.4 cm³/mol. The van der Waals surface area contributed by atoms with Crippen molar-refractivity contribution in [3.8, 4) is 0 Å². The molecule has 0 spiro atoms. The van der Waals surface area contributed by atoms with E-state index in [2.05, 4.69) is 9.80 Å². The van der Waals surface area contributed by atoms with E-state index in [1.807, 2.05) is 26.0 Å². The summed E-state index contributed by atoms with van der Waals surface area (Å²) in [5.41, 5.74) is 1.80. The number of ether oxygens (including phenoxy) is 1. The van der Waals surface area contributed by atoms with Crippen LogP contribution in [-0.2, 0) is 14.8 Å². The van der Waals surface area contributed by atoms with Crippen LogP contribution in [0.3, 0.4) is 0 Å². The minimum atomic E-state index is -3.39. The second kappa shape index (κ2) is 8.14. The van der Waals surface area contributed by atoms with Gasteiger partial charge >= 0.3 is 0 Å². The molecule has 0 saturated carbocycles. The van der Waals surface area contributed by atoms with Crippen LogP contribution in [0.2, 0.25) is 0 Å². The minimum Gasteiger partial charge on any atom is -0.379 e. The Balaban J connectivity index is 1.55. The van der Waals surface area contributed by atoms with Crippen molar-refractivity contribution < 1.29 is 13.2 Å². The highest BCUT2D eigenvalue weighted by molar-refractivity contribution is 7.89. The SMILES string of the molecule is Cc1ccc(C)c(S(=O)(=O)N2CCN(CCN3CCOCC3)CC2)c1. The van der Waals surface area contributed by atoms with Crippen molar-refractivity contribution in [1.29, 1.82) is 0 Å². The Bertz CT molecular complexity index is 679. The number of nitrogens with zero attached hydrogens (tertiary/aromatic N) is 3. The molecule has 1 aromatic carbocycles.